The molecule has 0 unspecified atom stereocenters. The molecule has 3 rings (SSSR count). The van der Waals surface area contributed by atoms with Crippen LogP contribution < -0.4 is 0 Å². The van der Waals surface area contributed by atoms with Gasteiger partial charge in [-0.3, -0.25) is 9.78 Å². The molecular weight excluding hydrogens is 282 g/mol. The second kappa shape index (κ2) is 6.57. The first-order chi connectivity index (χ1) is 11.2. The molecule has 1 heterocycles. The van der Waals surface area contributed by atoms with Gasteiger partial charge in [-0.05, 0) is 31.4 Å². The van der Waals surface area contributed by atoms with E-state index in [-0.39, 0.29) is 5.78 Å². The van der Waals surface area contributed by atoms with Crippen molar-refractivity contribution in [3.8, 4) is 0 Å². The highest BCUT2D eigenvalue weighted by Crippen LogP contribution is 2.27. The van der Waals surface area contributed by atoms with Gasteiger partial charge in [0.2, 0.25) is 0 Å². The van der Waals surface area contributed by atoms with E-state index in [1.807, 2.05) is 67.6 Å². The van der Waals surface area contributed by atoms with Crippen LogP contribution in [0.25, 0.3) is 10.9 Å². The molecule has 0 fully saturated rings. The molecule has 0 atom stereocenters. The van der Waals surface area contributed by atoms with Gasteiger partial charge in [0.1, 0.15) is 0 Å². The molecular formula is C21H19NO. The predicted octanol–water partition coefficient (Wildman–Crippen LogP) is 4.89. The number of carbonyl (C=O) groups is 1. The average Bonchev–Trinajstić information content (AvgIpc) is 2.59. The minimum atomic E-state index is 0.0421. The highest BCUT2D eigenvalue weighted by molar-refractivity contribution is 6.12. The standard InChI is InChI=1S/C21H19NO/c1-3-4-12-18-17-13-8-9-14-19(17)22-15(2)20(18)21(23)16-10-6-5-7-11-16/h3,5-11,13-14H,1,4,12H2,2H3. The molecule has 1 aromatic heterocycles. The largest absolute Gasteiger partial charge is 0.289 e. The summed E-state index contributed by atoms with van der Waals surface area (Å²) in [6.45, 7) is 5.73. The van der Waals surface area contributed by atoms with Crippen LogP contribution in [0, 0.1) is 6.92 Å². The normalized spacial score (nSPS) is 10.7. The zero-order valence-electron chi connectivity index (χ0n) is 13.3. The summed E-state index contributed by atoms with van der Waals surface area (Å²) in [5.41, 5.74) is 4.23. The van der Waals surface area contributed by atoms with Crippen molar-refractivity contribution in [2.24, 2.45) is 0 Å². The Kier molecular flexibility index (Phi) is 4.33. The fourth-order valence-electron chi connectivity index (χ4n) is 2.96. The summed E-state index contributed by atoms with van der Waals surface area (Å²) in [5.74, 6) is 0.0421. The molecule has 0 saturated carbocycles. The number of rotatable bonds is 5. The Morgan fingerprint density at radius 1 is 1.09 bits per heavy atom. The summed E-state index contributed by atoms with van der Waals surface area (Å²) in [6.07, 6.45) is 3.52. The molecule has 0 aliphatic rings. The SMILES string of the molecule is C=CCCc1c(C(=O)c2ccccc2)c(C)nc2ccccc12. The minimum Gasteiger partial charge on any atom is -0.289 e. The van der Waals surface area contributed by atoms with E-state index in [4.69, 9.17) is 0 Å². The first kappa shape index (κ1) is 15.2. The van der Waals surface area contributed by atoms with Gasteiger partial charge in [-0.2, -0.15) is 0 Å². The zero-order valence-corrected chi connectivity index (χ0v) is 13.3. The Hall–Kier alpha value is -2.74. The zero-order chi connectivity index (χ0) is 16.2. The van der Waals surface area contributed by atoms with Crippen LogP contribution in [0.2, 0.25) is 0 Å². The highest BCUT2D eigenvalue weighted by atomic mass is 16.1. The Bertz CT molecular complexity index is 866. The Morgan fingerprint density at radius 2 is 1.78 bits per heavy atom. The van der Waals surface area contributed by atoms with Crippen LogP contribution in [-0.4, -0.2) is 10.8 Å². The lowest BCUT2D eigenvalue weighted by molar-refractivity contribution is 0.103. The second-order valence-electron chi connectivity index (χ2n) is 5.59. The molecule has 0 N–H and O–H groups in total. The molecule has 0 saturated heterocycles. The van der Waals surface area contributed by atoms with Crippen molar-refractivity contribution in [3.05, 3.63) is 89.6 Å². The topological polar surface area (TPSA) is 30.0 Å². The number of aromatic nitrogens is 1. The van der Waals surface area contributed by atoms with Crippen molar-refractivity contribution in [1.29, 1.82) is 0 Å². The van der Waals surface area contributed by atoms with E-state index in [2.05, 4.69) is 11.6 Å². The van der Waals surface area contributed by atoms with Crippen molar-refractivity contribution in [2.75, 3.05) is 0 Å². The third-order valence-electron chi connectivity index (χ3n) is 4.04. The Morgan fingerprint density at radius 3 is 2.52 bits per heavy atom. The van der Waals surface area contributed by atoms with E-state index in [1.54, 1.807) is 0 Å². The third kappa shape index (κ3) is 2.93. The van der Waals surface area contributed by atoms with Crippen LogP contribution in [-0.2, 0) is 6.42 Å². The number of carbonyl (C=O) groups excluding carboxylic acids is 1. The van der Waals surface area contributed by atoms with Gasteiger partial charge in [-0.1, -0.05) is 54.6 Å². The van der Waals surface area contributed by atoms with E-state index in [0.29, 0.717) is 5.56 Å². The number of benzene rings is 2. The number of ketones is 1. The molecule has 2 heteroatoms. The molecule has 23 heavy (non-hydrogen) atoms. The summed E-state index contributed by atoms with van der Waals surface area (Å²) >= 11 is 0. The van der Waals surface area contributed by atoms with Gasteiger partial charge in [0.25, 0.3) is 0 Å². The fraction of sp³-hybridized carbons (Fsp3) is 0.143. The smallest absolute Gasteiger partial charge is 0.195 e. The summed E-state index contributed by atoms with van der Waals surface area (Å²) in [7, 11) is 0. The van der Waals surface area contributed by atoms with E-state index in [9.17, 15) is 4.79 Å². The number of aryl methyl sites for hydroxylation is 2. The second-order valence-corrected chi connectivity index (χ2v) is 5.59. The first-order valence-corrected chi connectivity index (χ1v) is 7.81. The van der Waals surface area contributed by atoms with Gasteiger partial charge in [0, 0.05) is 22.2 Å². The fourth-order valence-corrected chi connectivity index (χ4v) is 2.96. The maximum atomic E-state index is 13.0. The van der Waals surface area contributed by atoms with Gasteiger partial charge in [0.05, 0.1) is 5.52 Å². The quantitative estimate of drug-likeness (QED) is 0.496. The molecule has 0 radical (unpaired) electrons. The van der Waals surface area contributed by atoms with Crippen molar-refractivity contribution in [3.63, 3.8) is 0 Å². The summed E-state index contributed by atoms with van der Waals surface area (Å²) < 4.78 is 0. The van der Waals surface area contributed by atoms with Crippen molar-refractivity contribution in [1.82, 2.24) is 4.98 Å². The van der Waals surface area contributed by atoms with E-state index < -0.39 is 0 Å². The van der Waals surface area contributed by atoms with Crippen molar-refractivity contribution in [2.45, 2.75) is 19.8 Å². The van der Waals surface area contributed by atoms with Gasteiger partial charge in [-0.15, -0.1) is 6.58 Å². The Labute approximate surface area is 136 Å². The molecule has 0 aliphatic heterocycles. The molecule has 2 nitrogen and oxygen atoms in total. The number of allylic oxidation sites excluding steroid dienone is 1. The molecule has 3 aromatic rings. The number of fused-ring (bicyclic) bond motifs is 1. The lowest BCUT2D eigenvalue weighted by Crippen LogP contribution is -2.10. The minimum absolute atomic E-state index is 0.0421. The van der Waals surface area contributed by atoms with Crippen molar-refractivity contribution >= 4 is 16.7 Å². The summed E-state index contributed by atoms with van der Waals surface area (Å²) in [6, 6.07) is 17.4. The molecule has 0 bridgehead atoms. The van der Waals surface area contributed by atoms with Gasteiger partial charge in [0.15, 0.2) is 5.78 Å². The van der Waals surface area contributed by atoms with E-state index >= 15 is 0 Å². The van der Waals surface area contributed by atoms with Crippen LogP contribution in [0.1, 0.15) is 33.6 Å². The maximum absolute atomic E-state index is 13.0. The number of hydrogen-bond donors (Lipinski definition) is 0. The maximum Gasteiger partial charge on any atom is 0.195 e. The number of hydrogen-bond acceptors (Lipinski definition) is 2. The van der Waals surface area contributed by atoms with E-state index in [0.717, 1.165) is 40.6 Å². The third-order valence-corrected chi connectivity index (χ3v) is 4.04. The van der Waals surface area contributed by atoms with Crippen LogP contribution >= 0.6 is 0 Å². The van der Waals surface area contributed by atoms with Crippen LogP contribution in [0.4, 0.5) is 0 Å². The molecule has 0 spiro atoms. The molecule has 0 aliphatic carbocycles. The lowest BCUT2D eigenvalue weighted by Gasteiger charge is -2.14. The van der Waals surface area contributed by atoms with Gasteiger partial charge < -0.3 is 0 Å². The van der Waals surface area contributed by atoms with Gasteiger partial charge >= 0.3 is 0 Å². The molecule has 0 amide bonds. The summed E-state index contributed by atoms with van der Waals surface area (Å²) in [4.78, 5) is 17.7. The predicted molar refractivity (Wildman–Crippen MR) is 94.9 cm³/mol. The summed E-state index contributed by atoms with van der Waals surface area (Å²) in [5, 5.41) is 1.05. The van der Waals surface area contributed by atoms with Crippen LogP contribution in [0.5, 0.6) is 0 Å². The lowest BCUT2D eigenvalue weighted by atomic mass is 9.91. The number of nitrogens with zero attached hydrogens (tertiary/aromatic N) is 1. The number of para-hydroxylation sites is 1. The van der Waals surface area contributed by atoms with Crippen LogP contribution in [0.3, 0.4) is 0 Å². The molecule has 114 valence electrons. The van der Waals surface area contributed by atoms with E-state index in [1.165, 1.54) is 0 Å². The first-order valence-electron chi connectivity index (χ1n) is 7.81. The monoisotopic (exact) mass is 301 g/mol. The molecule has 2 aromatic carbocycles. The van der Waals surface area contributed by atoms with Gasteiger partial charge in [-0.25, -0.2) is 0 Å². The number of pyridine rings is 1. The van der Waals surface area contributed by atoms with Crippen LogP contribution in [0.15, 0.2) is 67.3 Å². The Balaban J connectivity index is 2.24. The van der Waals surface area contributed by atoms with Crippen molar-refractivity contribution < 1.29 is 4.79 Å². The highest BCUT2D eigenvalue weighted by Gasteiger charge is 2.19. The average molecular weight is 301 g/mol.